The summed E-state index contributed by atoms with van der Waals surface area (Å²) in [5, 5.41) is 0. The molecule has 0 bridgehead atoms. The summed E-state index contributed by atoms with van der Waals surface area (Å²) < 4.78 is 26.7. The molecule has 0 N–H and O–H groups in total. The second kappa shape index (κ2) is 5.49. The second-order valence-electron chi connectivity index (χ2n) is 4.33. The zero-order valence-corrected chi connectivity index (χ0v) is 11.5. The lowest BCUT2D eigenvalue weighted by Crippen LogP contribution is -2.20. The Balaban J connectivity index is 4.67. The Labute approximate surface area is 93.7 Å². The fourth-order valence-electron chi connectivity index (χ4n) is 0.782. The molecule has 15 heavy (non-hydrogen) atoms. The highest BCUT2D eigenvalue weighted by molar-refractivity contribution is 7.86. The number of rotatable bonds is 4. The smallest absolute Gasteiger partial charge is 0.254 e. The van der Waals surface area contributed by atoms with E-state index in [4.69, 9.17) is 4.18 Å². The molecule has 0 amide bonds. The van der Waals surface area contributed by atoms with Gasteiger partial charge in [0, 0.05) is 6.42 Å². The van der Waals surface area contributed by atoms with E-state index in [1.54, 1.807) is 6.08 Å². The van der Waals surface area contributed by atoms with Crippen LogP contribution in [-0.4, -0.2) is 28.9 Å². The first-order valence-electron chi connectivity index (χ1n) is 4.66. The Hall–Kier alpha value is -0.573. The lowest BCUT2D eigenvalue weighted by Gasteiger charge is -2.09. The van der Waals surface area contributed by atoms with E-state index >= 15 is 0 Å². The van der Waals surface area contributed by atoms with Gasteiger partial charge in [-0.1, -0.05) is 31.6 Å². The molecule has 0 spiro atoms. The van der Waals surface area contributed by atoms with E-state index in [-0.39, 0.29) is 0 Å². The maximum Gasteiger partial charge on any atom is 0.265 e. The van der Waals surface area contributed by atoms with Crippen LogP contribution in [0.4, 0.5) is 0 Å². The molecular weight excluding hydrogens is 228 g/mol. The summed E-state index contributed by atoms with van der Waals surface area (Å²) >= 11 is 0. The van der Waals surface area contributed by atoms with Crippen LogP contribution in [0.2, 0.25) is 19.6 Å². The van der Waals surface area contributed by atoms with Gasteiger partial charge in [0.05, 0.1) is 6.26 Å². The Morgan fingerprint density at radius 2 is 2.00 bits per heavy atom. The van der Waals surface area contributed by atoms with Gasteiger partial charge in [0.15, 0.2) is 0 Å². The topological polar surface area (TPSA) is 43.4 Å². The Bertz CT molecular complexity index is 368. The van der Waals surface area contributed by atoms with Gasteiger partial charge < -0.3 is 0 Å². The highest BCUT2D eigenvalue weighted by atomic mass is 32.2. The maximum absolute atomic E-state index is 10.9. The Kier molecular flexibility index (Phi) is 5.28. The fourth-order valence-corrected chi connectivity index (χ4v) is 1.92. The number of hydrogen-bond donors (Lipinski definition) is 0. The second-order valence-corrected chi connectivity index (χ2v) is 10.7. The van der Waals surface area contributed by atoms with Gasteiger partial charge in [-0.15, -0.1) is 12.1 Å². The largest absolute Gasteiger partial charge is 0.265 e. The van der Waals surface area contributed by atoms with Crippen molar-refractivity contribution in [2.75, 3.05) is 6.26 Å². The van der Waals surface area contributed by atoms with Crippen LogP contribution in [-0.2, 0) is 14.3 Å². The van der Waals surface area contributed by atoms with Crippen molar-refractivity contribution >= 4 is 18.2 Å². The molecule has 0 aromatic heterocycles. The molecule has 3 nitrogen and oxygen atoms in total. The third-order valence-electron chi connectivity index (χ3n) is 1.28. The molecule has 0 aromatic rings. The van der Waals surface area contributed by atoms with Crippen LogP contribution in [0.1, 0.15) is 6.42 Å². The summed E-state index contributed by atoms with van der Waals surface area (Å²) in [6.45, 7) is 9.81. The molecule has 0 aliphatic rings. The lowest BCUT2D eigenvalue weighted by molar-refractivity contribution is 0.270. The quantitative estimate of drug-likeness (QED) is 0.329. The Morgan fingerprint density at radius 1 is 1.47 bits per heavy atom. The zero-order valence-electron chi connectivity index (χ0n) is 9.70. The van der Waals surface area contributed by atoms with Gasteiger partial charge in [-0.25, -0.2) is 0 Å². The molecule has 0 radical (unpaired) electrons. The minimum Gasteiger partial charge on any atom is -0.254 e. The molecule has 0 aromatic carbocycles. The molecule has 0 saturated carbocycles. The molecule has 5 heteroatoms. The van der Waals surface area contributed by atoms with Crippen LogP contribution < -0.4 is 0 Å². The summed E-state index contributed by atoms with van der Waals surface area (Å²) in [5.74, 6) is 2.86. The van der Waals surface area contributed by atoms with Gasteiger partial charge in [-0.2, -0.15) is 8.42 Å². The summed E-state index contributed by atoms with van der Waals surface area (Å²) in [6.07, 6.45) is 2.46. The lowest BCUT2D eigenvalue weighted by atomic mass is 10.3. The van der Waals surface area contributed by atoms with Gasteiger partial charge in [0.25, 0.3) is 10.1 Å². The predicted molar refractivity (Wildman–Crippen MR) is 65.7 cm³/mol. The average Bonchev–Trinajstić information content (AvgIpc) is 1.96. The molecule has 1 atom stereocenters. The summed E-state index contributed by atoms with van der Waals surface area (Å²) in [5.41, 5.74) is 3.08. The van der Waals surface area contributed by atoms with Crippen LogP contribution >= 0.6 is 0 Å². The van der Waals surface area contributed by atoms with Crippen molar-refractivity contribution in [3.05, 3.63) is 12.7 Å². The highest BCUT2D eigenvalue weighted by Crippen LogP contribution is 2.04. The van der Waals surface area contributed by atoms with Crippen LogP contribution in [0.15, 0.2) is 12.7 Å². The molecule has 0 heterocycles. The van der Waals surface area contributed by atoms with Crippen molar-refractivity contribution in [1.29, 1.82) is 0 Å². The van der Waals surface area contributed by atoms with Crippen molar-refractivity contribution in [1.82, 2.24) is 0 Å². The van der Waals surface area contributed by atoms with E-state index in [2.05, 4.69) is 37.7 Å². The monoisotopic (exact) mass is 246 g/mol. The van der Waals surface area contributed by atoms with Crippen LogP contribution in [0.5, 0.6) is 0 Å². The molecule has 0 aliphatic heterocycles. The maximum atomic E-state index is 10.9. The van der Waals surface area contributed by atoms with Crippen LogP contribution in [0.3, 0.4) is 0 Å². The average molecular weight is 246 g/mol. The van der Waals surface area contributed by atoms with Gasteiger partial charge >= 0.3 is 0 Å². The van der Waals surface area contributed by atoms with E-state index in [0.717, 1.165) is 6.26 Å². The molecule has 0 fully saturated rings. The van der Waals surface area contributed by atoms with Gasteiger partial charge in [0.2, 0.25) is 0 Å². The highest BCUT2D eigenvalue weighted by Gasteiger charge is 2.13. The third kappa shape index (κ3) is 9.72. The van der Waals surface area contributed by atoms with Crippen molar-refractivity contribution < 1.29 is 12.6 Å². The third-order valence-corrected chi connectivity index (χ3v) is 2.76. The SMILES string of the molecule is C=CCC(C#C[Si](C)(C)C)OS(C)(=O)=O. The van der Waals surface area contributed by atoms with E-state index in [1.807, 2.05) is 0 Å². The van der Waals surface area contributed by atoms with Crippen molar-refractivity contribution in [2.24, 2.45) is 0 Å². The minimum absolute atomic E-state index is 0.421. The van der Waals surface area contributed by atoms with E-state index < -0.39 is 24.3 Å². The van der Waals surface area contributed by atoms with Gasteiger partial charge in [-0.05, 0) is 0 Å². The van der Waals surface area contributed by atoms with Crippen molar-refractivity contribution in [3.8, 4) is 11.5 Å². The molecule has 0 rings (SSSR count). The molecule has 0 aliphatic carbocycles. The molecule has 0 saturated heterocycles. The minimum atomic E-state index is -3.45. The Morgan fingerprint density at radius 3 is 2.33 bits per heavy atom. The first-order valence-corrected chi connectivity index (χ1v) is 9.97. The van der Waals surface area contributed by atoms with E-state index in [9.17, 15) is 8.42 Å². The van der Waals surface area contributed by atoms with E-state index in [0.29, 0.717) is 6.42 Å². The van der Waals surface area contributed by atoms with Crippen LogP contribution in [0.25, 0.3) is 0 Å². The number of hydrogen-bond acceptors (Lipinski definition) is 3. The zero-order chi connectivity index (χ0) is 12.1. The van der Waals surface area contributed by atoms with E-state index in [1.165, 1.54) is 0 Å². The normalized spacial score (nSPS) is 13.9. The van der Waals surface area contributed by atoms with Crippen molar-refractivity contribution in [2.45, 2.75) is 32.2 Å². The fraction of sp³-hybridized carbons (Fsp3) is 0.600. The molecule has 86 valence electrons. The van der Waals surface area contributed by atoms with Gasteiger partial charge in [0.1, 0.15) is 14.2 Å². The summed E-state index contributed by atoms with van der Waals surface area (Å²) in [7, 11) is -4.94. The van der Waals surface area contributed by atoms with Crippen molar-refractivity contribution in [3.63, 3.8) is 0 Å². The first-order chi connectivity index (χ1) is 6.64. The first kappa shape index (κ1) is 14.4. The summed E-state index contributed by atoms with van der Waals surface area (Å²) in [6, 6.07) is 0. The molecule has 1 unspecified atom stereocenters. The van der Waals surface area contributed by atoms with Gasteiger partial charge in [-0.3, -0.25) is 4.18 Å². The molecular formula is C10H18O3SSi. The predicted octanol–water partition coefficient (Wildman–Crippen LogP) is 1.79. The van der Waals surface area contributed by atoms with Crippen LogP contribution in [0, 0.1) is 11.5 Å². The standard InChI is InChI=1S/C10H18O3SSi/c1-6-7-10(13-14(2,11)12)8-9-15(3,4)5/h6,10H,1,7H2,2-5H3. The summed E-state index contributed by atoms with van der Waals surface area (Å²) in [4.78, 5) is 0.